The molecule has 0 spiro atoms. The Labute approximate surface area is 179 Å². The van der Waals surface area contributed by atoms with E-state index in [0.29, 0.717) is 6.54 Å². The van der Waals surface area contributed by atoms with E-state index in [1.807, 2.05) is 18.3 Å². The highest BCUT2D eigenvalue weighted by Crippen LogP contribution is 2.32. The molecular formula is C25H22N4O2. The van der Waals surface area contributed by atoms with E-state index >= 15 is 0 Å². The highest BCUT2D eigenvalue weighted by molar-refractivity contribution is 6.16. The molecule has 1 amide bonds. The summed E-state index contributed by atoms with van der Waals surface area (Å²) in [6.45, 7) is 3.92. The van der Waals surface area contributed by atoms with Gasteiger partial charge in [0.15, 0.2) is 0 Å². The molecule has 0 saturated carbocycles. The van der Waals surface area contributed by atoms with Crippen LogP contribution in [-0.2, 0) is 11.3 Å². The van der Waals surface area contributed by atoms with Crippen LogP contribution < -0.4 is 10.2 Å². The summed E-state index contributed by atoms with van der Waals surface area (Å²) in [5.74, 6) is -0.0281. The van der Waals surface area contributed by atoms with Gasteiger partial charge in [0.25, 0.3) is 5.91 Å². The molecule has 4 heterocycles. The van der Waals surface area contributed by atoms with Crippen LogP contribution in [0.1, 0.15) is 27.3 Å². The summed E-state index contributed by atoms with van der Waals surface area (Å²) in [4.78, 5) is 22.6. The molecule has 154 valence electrons. The van der Waals surface area contributed by atoms with Crippen LogP contribution in [0.3, 0.4) is 0 Å². The van der Waals surface area contributed by atoms with Gasteiger partial charge in [0, 0.05) is 41.4 Å². The van der Waals surface area contributed by atoms with E-state index in [0.717, 1.165) is 70.5 Å². The van der Waals surface area contributed by atoms with Crippen LogP contribution in [0.2, 0.25) is 0 Å². The largest absolute Gasteiger partial charge is 0.378 e. The number of aromatic nitrogens is 2. The molecule has 0 aliphatic carbocycles. The first-order valence-electron chi connectivity index (χ1n) is 10.6. The minimum Gasteiger partial charge on any atom is -0.378 e. The molecule has 2 aromatic carbocycles. The molecule has 6 heteroatoms. The molecule has 6 nitrogen and oxygen atoms in total. The van der Waals surface area contributed by atoms with E-state index in [9.17, 15) is 4.79 Å². The number of benzene rings is 2. The van der Waals surface area contributed by atoms with Crippen LogP contribution in [-0.4, -0.2) is 42.2 Å². The maximum atomic E-state index is 12.2. The van der Waals surface area contributed by atoms with Crippen molar-refractivity contribution < 1.29 is 9.53 Å². The lowest BCUT2D eigenvalue weighted by Crippen LogP contribution is -2.36. The predicted octanol–water partition coefficient (Wildman–Crippen LogP) is 3.97. The quantitative estimate of drug-likeness (QED) is 0.536. The monoisotopic (exact) mass is 410 g/mol. The van der Waals surface area contributed by atoms with Gasteiger partial charge >= 0.3 is 0 Å². The number of carbonyl (C=O) groups excluding carboxylic acids is 1. The third-order valence-electron chi connectivity index (χ3n) is 6.09. The highest BCUT2D eigenvalue weighted by Gasteiger charge is 2.25. The van der Waals surface area contributed by atoms with Crippen LogP contribution >= 0.6 is 0 Å². The molecular weight excluding hydrogens is 388 g/mol. The number of anilines is 1. The number of carbonyl (C=O) groups is 1. The third kappa shape index (κ3) is 3.16. The van der Waals surface area contributed by atoms with E-state index < -0.39 is 0 Å². The van der Waals surface area contributed by atoms with Gasteiger partial charge in [0.1, 0.15) is 0 Å². The van der Waals surface area contributed by atoms with E-state index in [1.165, 1.54) is 5.69 Å². The molecule has 2 aliphatic rings. The number of nitrogens with zero attached hydrogens (tertiary/aromatic N) is 2. The maximum absolute atomic E-state index is 12.2. The van der Waals surface area contributed by atoms with Crippen molar-refractivity contribution in [1.82, 2.24) is 15.3 Å². The summed E-state index contributed by atoms with van der Waals surface area (Å²) >= 11 is 0. The van der Waals surface area contributed by atoms with Crippen molar-refractivity contribution >= 4 is 45.4 Å². The zero-order chi connectivity index (χ0) is 20.8. The normalized spacial score (nSPS) is 16.4. The van der Waals surface area contributed by atoms with E-state index in [4.69, 9.17) is 9.72 Å². The first kappa shape index (κ1) is 18.2. The number of morpholine rings is 1. The Hall–Kier alpha value is -3.64. The average Bonchev–Trinajstić information content (AvgIpc) is 3.38. The van der Waals surface area contributed by atoms with Crippen molar-refractivity contribution in [2.75, 3.05) is 31.2 Å². The van der Waals surface area contributed by atoms with Crippen molar-refractivity contribution in [2.45, 2.75) is 6.54 Å². The van der Waals surface area contributed by atoms with Gasteiger partial charge in [-0.15, -0.1) is 0 Å². The number of aromatic amines is 1. The molecule has 2 N–H and O–H groups in total. The highest BCUT2D eigenvalue weighted by atomic mass is 16.5. The summed E-state index contributed by atoms with van der Waals surface area (Å²) < 4.78 is 5.46. The molecule has 1 fully saturated rings. The molecule has 2 aliphatic heterocycles. The van der Waals surface area contributed by atoms with Crippen LogP contribution in [0.4, 0.5) is 5.69 Å². The summed E-state index contributed by atoms with van der Waals surface area (Å²) in [6.07, 6.45) is 6.20. The van der Waals surface area contributed by atoms with Gasteiger partial charge in [-0.05, 0) is 35.2 Å². The summed E-state index contributed by atoms with van der Waals surface area (Å²) in [5.41, 5.74) is 5.83. The Morgan fingerprint density at radius 1 is 1.03 bits per heavy atom. The van der Waals surface area contributed by atoms with Crippen molar-refractivity contribution in [3.63, 3.8) is 0 Å². The number of fused-ring (bicyclic) bond motifs is 5. The van der Waals surface area contributed by atoms with E-state index in [1.54, 1.807) is 0 Å². The standard InChI is InChI=1S/C25H22N4O2/c30-25-23-20-7-5-17-14-26-18(13-21(17)24(20)28-22(23)15-27-25)6-4-16-2-1-3-19(12-16)29-8-10-31-11-9-29/h1-7,12-14,26H,8-11,15H2,(H,27,30)/b6-4+. The Balaban J connectivity index is 1.35. The number of amides is 1. The maximum Gasteiger partial charge on any atom is 0.254 e. The molecule has 0 radical (unpaired) electrons. The molecule has 0 bridgehead atoms. The van der Waals surface area contributed by atoms with Gasteiger partial charge in [-0.1, -0.05) is 30.3 Å². The van der Waals surface area contributed by atoms with Gasteiger partial charge in [0.2, 0.25) is 0 Å². The lowest BCUT2D eigenvalue weighted by Gasteiger charge is -2.29. The second kappa shape index (κ2) is 7.25. The predicted molar refractivity (Wildman–Crippen MR) is 123 cm³/mol. The third-order valence-corrected chi connectivity index (χ3v) is 6.09. The van der Waals surface area contributed by atoms with E-state index in [-0.39, 0.29) is 5.91 Å². The minimum atomic E-state index is -0.0281. The van der Waals surface area contributed by atoms with E-state index in [2.05, 4.69) is 57.7 Å². The smallest absolute Gasteiger partial charge is 0.254 e. The Bertz CT molecular complexity index is 1350. The molecule has 31 heavy (non-hydrogen) atoms. The molecule has 1 saturated heterocycles. The second-order valence-corrected chi connectivity index (χ2v) is 8.00. The fourth-order valence-corrected chi connectivity index (χ4v) is 4.49. The zero-order valence-corrected chi connectivity index (χ0v) is 17.0. The van der Waals surface area contributed by atoms with Crippen LogP contribution in [0.25, 0.3) is 33.8 Å². The van der Waals surface area contributed by atoms with Gasteiger partial charge in [-0.2, -0.15) is 0 Å². The zero-order valence-electron chi connectivity index (χ0n) is 17.0. The molecule has 0 unspecified atom stereocenters. The van der Waals surface area contributed by atoms with Crippen molar-refractivity contribution in [2.24, 2.45) is 0 Å². The average molecular weight is 410 g/mol. The number of nitrogens with one attached hydrogen (secondary N) is 2. The number of rotatable bonds is 3. The Kier molecular flexibility index (Phi) is 4.25. The van der Waals surface area contributed by atoms with Crippen molar-refractivity contribution in [3.05, 3.63) is 71.2 Å². The molecule has 6 rings (SSSR count). The first-order valence-corrected chi connectivity index (χ1v) is 10.6. The number of hydrogen-bond acceptors (Lipinski definition) is 4. The summed E-state index contributed by atoms with van der Waals surface area (Å²) in [5, 5.41) is 5.92. The summed E-state index contributed by atoms with van der Waals surface area (Å²) in [7, 11) is 0. The van der Waals surface area contributed by atoms with Gasteiger partial charge < -0.3 is 19.9 Å². The second-order valence-electron chi connectivity index (χ2n) is 8.00. The lowest BCUT2D eigenvalue weighted by molar-refractivity contribution is 0.0967. The fraction of sp³-hybridized carbons (Fsp3) is 0.200. The van der Waals surface area contributed by atoms with Crippen LogP contribution in [0, 0.1) is 0 Å². The SMILES string of the molecule is O=C1NCc2nc3c(ccc4c[nH]c(/C=C/c5cccc(N6CCOCC6)c5)cc43)c21. The van der Waals surface area contributed by atoms with Crippen molar-refractivity contribution in [3.8, 4) is 0 Å². The number of hydrogen-bond donors (Lipinski definition) is 2. The lowest BCUT2D eigenvalue weighted by atomic mass is 10.1. The molecule has 4 aromatic rings. The van der Waals surface area contributed by atoms with Crippen LogP contribution in [0.15, 0.2) is 48.7 Å². The van der Waals surface area contributed by atoms with Crippen molar-refractivity contribution in [1.29, 1.82) is 0 Å². The molecule has 0 atom stereocenters. The van der Waals surface area contributed by atoms with Crippen LogP contribution in [0.5, 0.6) is 0 Å². The van der Waals surface area contributed by atoms with Gasteiger partial charge in [0.05, 0.1) is 36.5 Å². The molecule has 2 aromatic heterocycles. The number of pyridine rings is 1. The fourth-order valence-electron chi connectivity index (χ4n) is 4.49. The topological polar surface area (TPSA) is 70.2 Å². The Morgan fingerprint density at radius 2 is 1.94 bits per heavy atom. The van der Waals surface area contributed by atoms with Gasteiger partial charge in [-0.25, -0.2) is 4.98 Å². The minimum absolute atomic E-state index is 0.0281. The number of H-pyrrole nitrogens is 1. The van der Waals surface area contributed by atoms with Gasteiger partial charge in [-0.3, -0.25) is 4.79 Å². The first-order chi connectivity index (χ1) is 15.3. The Morgan fingerprint density at radius 3 is 2.84 bits per heavy atom. The number of ether oxygens (including phenoxy) is 1. The summed E-state index contributed by atoms with van der Waals surface area (Å²) in [6, 6.07) is 14.7.